The maximum Gasteiger partial charge on any atom is 0.195 e. The van der Waals surface area contributed by atoms with Crippen LogP contribution >= 0.6 is 23.8 Å². The van der Waals surface area contributed by atoms with Gasteiger partial charge in [-0.3, -0.25) is 4.84 Å². The molecule has 1 aromatic carbocycles. The van der Waals surface area contributed by atoms with Crippen LogP contribution in [0.1, 0.15) is 13.3 Å². The van der Waals surface area contributed by atoms with Crippen LogP contribution in [-0.4, -0.2) is 11.7 Å². The van der Waals surface area contributed by atoms with Crippen LogP contribution in [0.4, 0.5) is 5.69 Å². The maximum atomic E-state index is 5.75. The zero-order chi connectivity index (χ0) is 11.1. The van der Waals surface area contributed by atoms with Gasteiger partial charge in [-0.15, -0.1) is 0 Å². The molecule has 1 aromatic rings. The number of thiocarbonyl (C=S) groups is 1. The summed E-state index contributed by atoms with van der Waals surface area (Å²) in [5.41, 5.74) is 3.51. The first kappa shape index (κ1) is 12.2. The van der Waals surface area contributed by atoms with Crippen molar-refractivity contribution in [3.8, 4) is 0 Å². The normalized spacial score (nSPS) is 9.73. The molecule has 3 nitrogen and oxygen atoms in total. The molecule has 0 aliphatic heterocycles. The van der Waals surface area contributed by atoms with Crippen LogP contribution in [0, 0.1) is 0 Å². The molecule has 0 aromatic heterocycles. The predicted octanol–water partition coefficient (Wildman–Crippen LogP) is 2.97. The summed E-state index contributed by atoms with van der Waals surface area (Å²) in [7, 11) is 0. The fourth-order valence-corrected chi connectivity index (χ4v) is 1.21. The Labute approximate surface area is 99.7 Å². The van der Waals surface area contributed by atoms with E-state index in [1.165, 1.54) is 0 Å². The maximum absolute atomic E-state index is 5.75. The van der Waals surface area contributed by atoms with Crippen molar-refractivity contribution >= 4 is 34.6 Å². The Bertz CT molecular complexity index is 316. The molecular formula is C10H13ClN2OS. The van der Waals surface area contributed by atoms with Gasteiger partial charge in [-0.05, 0) is 42.9 Å². The number of nitrogens with one attached hydrogen (secondary N) is 2. The average Bonchev–Trinajstić information content (AvgIpc) is 2.22. The number of hydrogen-bond acceptors (Lipinski definition) is 2. The molecular weight excluding hydrogens is 232 g/mol. The zero-order valence-electron chi connectivity index (χ0n) is 8.42. The molecule has 0 radical (unpaired) electrons. The third kappa shape index (κ3) is 4.97. The first-order valence-corrected chi connectivity index (χ1v) is 5.45. The Morgan fingerprint density at radius 2 is 2.07 bits per heavy atom. The number of rotatable bonds is 4. The lowest BCUT2D eigenvalue weighted by Gasteiger charge is -2.09. The van der Waals surface area contributed by atoms with E-state index in [4.69, 9.17) is 28.7 Å². The van der Waals surface area contributed by atoms with Gasteiger partial charge in [0.25, 0.3) is 0 Å². The highest BCUT2D eigenvalue weighted by Gasteiger charge is 1.96. The predicted molar refractivity (Wildman–Crippen MR) is 67.1 cm³/mol. The monoisotopic (exact) mass is 244 g/mol. The van der Waals surface area contributed by atoms with Crippen LogP contribution in [0.15, 0.2) is 24.3 Å². The number of anilines is 1. The van der Waals surface area contributed by atoms with E-state index in [1.807, 2.05) is 19.1 Å². The van der Waals surface area contributed by atoms with Crippen molar-refractivity contribution < 1.29 is 4.84 Å². The quantitative estimate of drug-likeness (QED) is 0.485. The van der Waals surface area contributed by atoms with E-state index in [1.54, 1.807) is 12.1 Å². The fourth-order valence-electron chi connectivity index (χ4n) is 0.908. The van der Waals surface area contributed by atoms with Gasteiger partial charge < -0.3 is 5.32 Å². The molecule has 0 saturated carbocycles. The molecule has 0 aliphatic carbocycles. The number of hydroxylamine groups is 1. The van der Waals surface area contributed by atoms with Gasteiger partial charge in [0.15, 0.2) is 5.11 Å². The van der Waals surface area contributed by atoms with Crippen molar-refractivity contribution in [2.75, 3.05) is 11.9 Å². The first-order chi connectivity index (χ1) is 7.22. The third-order valence-electron chi connectivity index (χ3n) is 1.57. The SMILES string of the molecule is CCCONC(=S)Nc1ccc(Cl)cc1. The standard InChI is InChI=1S/C10H13ClN2OS/c1-2-7-14-13-10(15)12-9-5-3-8(11)4-6-9/h3-6H,2,7H2,1H3,(H2,12,13,15). The van der Waals surface area contributed by atoms with E-state index in [9.17, 15) is 0 Å². The number of hydrogen-bond donors (Lipinski definition) is 2. The zero-order valence-corrected chi connectivity index (χ0v) is 9.99. The Morgan fingerprint density at radius 1 is 1.40 bits per heavy atom. The molecule has 5 heteroatoms. The summed E-state index contributed by atoms with van der Waals surface area (Å²) >= 11 is 10.8. The summed E-state index contributed by atoms with van der Waals surface area (Å²) in [6.45, 7) is 2.65. The molecule has 0 aliphatic rings. The minimum absolute atomic E-state index is 0.436. The summed E-state index contributed by atoms with van der Waals surface area (Å²) in [6, 6.07) is 7.27. The average molecular weight is 245 g/mol. The molecule has 0 unspecified atom stereocenters. The summed E-state index contributed by atoms with van der Waals surface area (Å²) < 4.78 is 0. The summed E-state index contributed by atoms with van der Waals surface area (Å²) in [4.78, 5) is 5.06. The van der Waals surface area contributed by atoms with Gasteiger partial charge in [-0.1, -0.05) is 18.5 Å². The largest absolute Gasteiger partial charge is 0.331 e. The van der Waals surface area contributed by atoms with Gasteiger partial charge in [0.05, 0.1) is 6.61 Å². The van der Waals surface area contributed by atoms with Crippen LogP contribution in [0.2, 0.25) is 5.02 Å². The molecule has 2 N–H and O–H groups in total. The Morgan fingerprint density at radius 3 is 2.67 bits per heavy atom. The van der Waals surface area contributed by atoms with Crippen molar-refractivity contribution in [1.29, 1.82) is 0 Å². The summed E-state index contributed by atoms with van der Waals surface area (Å²) in [5.74, 6) is 0. The van der Waals surface area contributed by atoms with Crippen LogP contribution in [0.3, 0.4) is 0 Å². The molecule has 82 valence electrons. The highest BCUT2D eigenvalue weighted by atomic mass is 35.5. The molecule has 0 atom stereocenters. The van der Waals surface area contributed by atoms with E-state index < -0.39 is 0 Å². The number of benzene rings is 1. The highest BCUT2D eigenvalue weighted by molar-refractivity contribution is 7.80. The second kappa shape index (κ2) is 6.61. The lowest BCUT2D eigenvalue weighted by atomic mass is 10.3. The van der Waals surface area contributed by atoms with Gasteiger partial charge in [-0.25, -0.2) is 5.48 Å². The lowest BCUT2D eigenvalue weighted by Crippen LogP contribution is -2.28. The van der Waals surface area contributed by atoms with Crippen molar-refractivity contribution in [3.63, 3.8) is 0 Å². The van der Waals surface area contributed by atoms with Crippen molar-refractivity contribution in [2.24, 2.45) is 0 Å². The van der Waals surface area contributed by atoms with Gasteiger partial charge >= 0.3 is 0 Å². The van der Waals surface area contributed by atoms with Crippen molar-refractivity contribution in [2.45, 2.75) is 13.3 Å². The van der Waals surface area contributed by atoms with Gasteiger partial charge in [-0.2, -0.15) is 0 Å². The fraction of sp³-hybridized carbons (Fsp3) is 0.300. The molecule has 15 heavy (non-hydrogen) atoms. The first-order valence-electron chi connectivity index (χ1n) is 4.66. The summed E-state index contributed by atoms with van der Waals surface area (Å²) in [6.07, 6.45) is 0.941. The van der Waals surface area contributed by atoms with Gasteiger partial charge in [0, 0.05) is 10.7 Å². The van der Waals surface area contributed by atoms with Crippen molar-refractivity contribution in [1.82, 2.24) is 5.48 Å². The van der Waals surface area contributed by atoms with E-state index in [2.05, 4.69) is 10.8 Å². The molecule has 0 bridgehead atoms. The second-order valence-electron chi connectivity index (χ2n) is 2.91. The van der Waals surface area contributed by atoms with E-state index >= 15 is 0 Å². The van der Waals surface area contributed by atoms with Gasteiger partial charge in [0.1, 0.15) is 0 Å². The van der Waals surface area contributed by atoms with E-state index in [0.29, 0.717) is 16.7 Å². The van der Waals surface area contributed by atoms with E-state index in [0.717, 1.165) is 12.1 Å². The molecule has 0 heterocycles. The molecule has 1 rings (SSSR count). The smallest absolute Gasteiger partial charge is 0.195 e. The lowest BCUT2D eigenvalue weighted by molar-refractivity contribution is 0.0872. The topological polar surface area (TPSA) is 33.3 Å². The third-order valence-corrected chi connectivity index (χ3v) is 2.01. The second-order valence-corrected chi connectivity index (χ2v) is 3.76. The molecule has 0 amide bonds. The minimum Gasteiger partial charge on any atom is -0.331 e. The number of halogens is 1. The summed E-state index contributed by atoms with van der Waals surface area (Å²) in [5, 5.41) is 4.10. The van der Waals surface area contributed by atoms with Crippen LogP contribution < -0.4 is 10.8 Å². The van der Waals surface area contributed by atoms with Gasteiger partial charge in [0.2, 0.25) is 0 Å². The Balaban J connectivity index is 2.34. The minimum atomic E-state index is 0.436. The van der Waals surface area contributed by atoms with Crippen LogP contribution in [-0.2, 0) is 4.84 Å². The molecule has 0 spiro atoms. The molecule has 0 fully saturated rings. The van der Waals surface area contributed by atoms with Crippen LogP contribution in [0.25, 0.3) is 0 Å². The Kier molecular flexibility index (Phi) is 5.39. The highest BCUT2D eigenvalue weighted by Crippen LogP contribution is 2.12. The van der Waals surface area contributed by atoms with E-state index in [-0.39, 0.29) is 0 Å². The van der Waals surface area contributed by atoms with Crippen molar-refractivity contribution in [3.05, 3.63) is 29.3 Å². The molecule has 0 saturated heterocycles. The van der Waals surface area contributed by atoms with Crippen LogP contribution in [0.5, 0.6) is 0 Å². The Hall–Kier alpha value is -0.840.